The average molecular weight is 373 g/mol. The van der Waals surface area contributed by atoms with Gasteiger partial charge in [0.05, 0.1) is 10.6 Å². The van der Waals surface area contributed by atoms with Crippen LogP contribution >= 0.6 is 0 Å². The molecule has 6 nitrogen and oxygen atoms in total. The minimum Gasteiger partial charge on any atom is -0.339 e. The number of anilines is 1. The molecule has 0 bridgehead atoms. The first-order chi connectivity index (χ1) is 12.4. The van der Waals surface area contributed by atoms with Gasteiger partial charge in [0.15, 0.2) is 0 Å². The number of carbonyl (C=O) groups is 1. The van der Waals surface area contributed by atoms with Crippen LogP contribution in [0.4, 0.5) is 5.69 Å². The van der Waals surface area contributed by atoms with E-state index in [1.165, 1.54) is 12.1 Å². The molecule has 1 saturated heterocycles. The van der Waals surface area contributed by atoms with Gasteiger partial charge in [-0.15, -0.1) is 0 Å². The van der Waals surface area contributed by atoms with Gasteiger partial charge >= 0.3 is 0 Å². The number of para-hydroxylation sites is 1. The first-order valence-electron chi connectivity index (χ1n) is 8.60. The van der Waals surface area contributed by atoms with E-state index in [0.29, 0.717) is 24.3 Å². The predicted octanol–water partition coefficient (Wildman–Crippen LogP) is 2.36. The Bertz CT molecular complexity index is 887. The minimum atomic E-state index is -3.70. The molecule has 3 N–H and O–H groups in total. The second kappa shape index (κ2) is 7.47. The lowest BCUT2D eigenvalue weighted by Gasteiger charge is -2.30. The van der Waals surface area contributed by atoms with Gasteiger partial charge in [-0.3, -0.25) is 9.52 Å². The summed E-state index contributed by atoms with van der Waals surface area (Å²) in [5, 5.41) is 0. The maximum Gasteiger partial charge on any atom is 0.261 e. The summed E-state index contributed by atoms with van der Waals surface area (Å²) in [5.74, 6) is -0.0901. The Labute approximate surface area is 154 Å². The van der Waals surface area contributed by atoms with Crippen LogP contribution in [0.25, 0.3) is 0 Å². The third-order valence-electron chi connectivity index (χ3n) is 4.63. The molecule has 0 unspecified atom stereocenters. The van der Waals surface area contributed by atoms with Crippen molar-refractivity contribution in [3.05, 3.63) is 59.7 Å². The number of hydrogen-bond acceptors (Lipinski definition) is 4. The molecule has 1 amide bonds. The molecule has 7 heteroatoms. The number of likely N-dealkylation sites (tertiary alicyclic amines) is 1. The van der Waals surface area contributed by atoms with Crippen LogP contribution in [0.15, 0.2) is 53.4 Å². The third-order valence-corrected chi connectivity index (χ3v) is 6.01. The van der Waals surface area contributed by atoms with Gasteiger partial charge in [0.1, 0.15) is 0 Å². The van der Waals surface area contributed by atoms with Gasteiger partial charge < -0.3 is 10.6 Å². The molecule has 2 aromatic carbocycles. The van der Waals surface area contributed by atoms with E-state index in [-0.39, 0.29) is 16.8 Å². The van der Waals surface area contributed by atoms with Crippen molar-refractivity contribution in [3.8, 4) is 0 Å². The minimum absolute atomic E-state index is 0.0901. The fourth-order valence-corrected chi connectivity index (χ4v) is 4.08. The van der Waals surface area contributed by atoms with Crippen LogP contribution < -0.4 is 10.5 Å². The maximum absolute atomic E-state index is 12.6. The quantitative estimate of drug-likeness (QED) is 0.860. The van der Waals surface area contributed by atoms with Gasteiger partial charge in [0.25, 0.3) is 15.9 Å². The fourth-order valence-electron chi connectivity index (χ4n) is 2.95. The molecule has 0 atom stereocenters. The number of nitrogens with two attached hydrogens (primary N) is 1. The van der Waals surface area contributed by atoms with Crippen molar-refractivity contribution in [1.29, 1.82) is 0 Å². The zero-order valence-corrected chi connectivity index (χ0v) is 15.5. The molecular formula is C19H23N3O3S. The number of carbonyl (C=O) groups excluding carboxylic acids is 1. The average Bonchev–Trinajstić information content (AvgIpc) is 2.64. The number of sulfonamides is 1. The maximum atomic E-state index is 12.6. The van der Waals surface area contributed by atoms with Gasteiger partial charge in [-0.2, -0.15) is 0 Å². The molecule has 2 aromatic rings. The summed E-state index contributed by atoms with van der Waals surface area (Å²) < 4.78 is 27.7. The molecule has 0 spiro atoms. The molecule has 0 saturated carbocycles. The second-order valence-electron chi connectivity index (χ2n) is 6.57. The fraction of sp³-hybridized carbons (Fsp3) is 0.316. The van der Waals surface area contributed by atoms with Crippen molar-refractivity contribution >= 4 is 21.6 Å². The largest absolute Gasteiger partial charge is 0.339 e. The van der Waals surface area contributed by atoms with Crippen molar-refractivity contribution in [2.45, 2.75) is 30.7 Å². The van der Waals surface area contributed by atoms with E-state index in [2.05, 4.69) is 4.72 Å². The molecule has 1 aliphatic heterocycles. The molecule has 0 aliphatic carbocycles. The number of nitrogens with one attached hydrogen (secondary N) is 1. The van der Waals surface area contributed by atoms with Crippen LogP contribution in [0.1, 0.15) is 28.8 Å². The smallest absolute Gasteiger partial charge is 0.261 e. The SMILES string of the molecule is Cc1ccccc1NS(=O)(=O)c1ccc(C(=O)N2CCC(N)CC2)cc1. The highest BCUT2D eigenvalue weighted by Gasteiger charge is 2.22. The van der Waals surface area contributed by atoms with E-state index in [9.17, 15) is 13.2 Å². The van der Waals surface area contributed by atoms with Gasteiger partial charge in [0.2, 0.25) is 0 Å². The van der Waals surface area contributed by atoms with Crippen LogP contribution in [0.2, 0.25) is 0 Å². The lowest BCUT2D eigenvalue weighted by Crippen LogP contribution is -2.42. The predicted molar refractivity (Wildman–Crippen MR) is 102 cm³/mol. The van der Waals surface area contributed by atoms with Crippen molar-refractivity contribution in [1.82, 2.24) is 4.90 Å². The summed E-state index contributed by atoms with van der Waals surface area (Å²) in [4.78, 5) is 14.4. The van der Waals surface area contributed by atoms with Gasteiger partial charge in [0, 0.05) is 24.7 Å². The normalized spacial score (nSPS) is 15.7. The third kappa shape index (κ3) is 4.05. The highest BCUT2D eigenvalue weighted by Crippen LogP contribution is 2.20. The monoisotopic (exact) mass is 373 g/mol. The summed E-state index contributed by atoms with van der Waals surface area (Å²) >= 11 is 0. The van der Waals surface area contributed by atoms with E-state index in [4.69, 9.17) is 5.73 Å². The molecule has 1 aliphatic rings. The summed E-state index contributed by atoms with van der Waals surface area (Å²) in [6.45, 7) is 3.11. The number of nitrogens with zero attached hydrogens (tertiary/aromatic N) is 1. The Kier molecular flexibility index (Phi) is 5.29. The molecular weight excluding hydrogens is 350 g/mol. The van der Waals surface area contributed by atoms with E-state index in [0.717, 1.165) is 18.4 Å². The Morgan fingerprint density at radius 3 is 2.31 bits per heavy atom. The van der Waals surface area contributed by atoms with Crippen LogP contribution in [-0.4, -0.2) is 38.4 Å². The number of rotatable bonds is 4. The van der Waals surface area contributed by atoms with E-state index >= 15 is 0 Å². The van der Waals surface area contributed by atoms with Crippen LogP contribution in [-0.2, 0) is 10.0 Å². The molecule has 26 heavy (non-hydrogen) atoms. The van der Waals surface area contributed by atoms with Crippen LogP contribution in [0, 0.1) is 6.92 Å². The molecule has 0 aromatic heterocycles. The molecule has 1 fully saturated rings. The first-order valence-corrected chi connectivity index (χ1v) is 10.1. The lowest BCUT2D eigenvalue weighted by atomic mass is 10.1. The Morgan fingerprint density at radius 1 is 1.08 bits per heavy atom. The summed E-state index contributed by atoms with van der Waals surface area (Å²) in [6, 6.07) is 13.4. The molecule has 138 valence electrons. The standard InChI is InChI=1S/C19H23N3O3S/c1-14-4-2-3-5-18(14)21-26(24,25)17-8-6-15(7-9-17)19(23)22-12-10-16(20)11-13-22/h2-9,16,21H,10-13,20H2,1H3. The van der Waals surface area contributed by atoms with Crippen LogP contribution in [0.5, 0.6) is 0 Å². The number of piperidine rings is 1. The summed E-state index contributed by atoms with van der Waals surface area (Å²) in [6.07, 6.45) is 1.58. The molecule has 3 rings (SSSR count). The Morgan fingerprint density at radius 2 is 1.69 bits per heavy atom. The highest BCUT2D eigenvalue weighted by atomic mass is 32.2. The zero-order valence-electron chi connectivity index (χ0n) is 14.7. The second-order valence-corrected chi connectivity index (χ2v) is 8.26. The molecule has 1 heterocycles. The van der Waals surface area contributed by atoms with Gasteiger partial charge in [-0.05, 0) is 55.7 Å². The summed E-state index contributed by atoms with van der Waals surface area (Å²) in [5.41, 5.74) is 7.73. The molecule has 0 radical (unpaired) electrons. The van der Waals surface area contributed by atoms with Gasteiger partial charge in [-0.1, -0.05) is 18.2 Å². The summed E-state index contributed by atoms with van der Waals surface area (Å²) in [7, 11) is -3.70. The van der Waals surface area contributed by atoms with E-state index < -0.39 is 10.0 Å². The lowest BCUT2D eigenvalue weighted by molar-refractivity contribution is 0.0714. The van der Waals surface area contributed by atoms with Crippen molar-refractivity contribution in [2.75, 3.05) is 17.8 Å². The van der Waals surface area contributed by atoms with Gasteiger partial charge in [-0.25, -0.2) is 8.42 Å². The van der Waals surface area contributed by atoms with Crippen LogP contribution in [0.3, 0.4) is 0 Å². The Hall–Kier alpha value is -2.38. The van der Waals surface area contributed by atoms with Crippen molar-refractivity contribution in [3.63, 3.8) is 0 Å². The zero-order chi connectivity index (χ0) is 18.7. The first kappa shape index (κ1) is 18.4. The topological polar surface area (TPSA) is 92.5 Å². The van der Waals surface area contributed by atoms with Crippen molar-refractivity contribution < 1.29 is 13.2 Å². The van der Waals surface area contributed by atoms with E-state index in [1.807, 2.05) is 19.1 Å². The number of hydrogen-bond donors (Lipinski definition) is 2. The van der Waals surface area contributed by atoms with E-state index in [1.54, 1.807) is 29.2 Å². The highest BCUT2D eigenvalue weighted by molar-refractivity contribution is 7.92. The number of amides is 1. The van der Waals surface area contributed by atoms with Crippen molar-refractivity contribution in [2.24, 2.45) is 5.73 Å². The number of benzene rings is 2. The number of aryl methyl sites for hydroxylation is 1. The Balaban J connectivity index is 1.74.